The van der Waals surface area contributed by atoms with E-state index in [1.807, 2.05) is 12.1 Å². The molecule has 0 radical (unpaired) electrons. The molecule has 140 heavy (non-hydrogen) atoms. The van der Waals surface area contributed by atoms with E-state index < -0.39 is 10.8 Å². The van der Waals surface area contributed by atoms with Crippen LogP contribution in [0.1, 0.15) is 94.5 Å². The molecule has 0 N–H and O–H groups in total. The van der Waals surface area contributed by atoms with Crippen LogP contribution in [-0.4, -0.2) is 9.13 Å². The third-order valence-electron chi connectivity index (χ3n) is 31.8. The lowest BCUT2D eigenvalue weighted by molar-refractivity contribution is 0.630. The maximum atomic E-state index is 6.71. The summed E-state index contributed by atoms with van der Waals surface area (Å²) < 4.78 is 18.5. The molecule has 0 aliphatic heterocycles. The first-order valence-electron chi connectivity index (χ1n) is 48.8. The first-order valence-corrected chi connectivity index (χ1v) is 48.8. The number of aromatic nitrogens is 2. The quantitative estimate of drug-likeness (QED) is 0.109. The summed E-state index contributed by atoms with van der Waals surface area (Å²) in [5, 5.41) is 11.4. The fraction of sp³-hybridized carbons (Fsp3) is 0.0597. The highest BCUT2D eigenvalue weighted by atomic mass is 16.3. The van der Waals surface area contributed by atoms with E-state index in [1.54, 1.807) is 0 Å². The molecule has 0 bridgehead atoms. The van der Waals surface area contributed by atoms with Crippen molar-refractivity contribution in [3.63, 3.8) is 0 Å². The van der Waals surface area contributed by atoms with E-state index in [0.29, 0.717) is 0 Å². The Hall–Kier alpha value is -17.6. The average Bonchev–Trinajstić information content (AvgIpc) is 1.53. The first kappa shape index (κ1) is 79.8. The van der Waals surface area contributed by atoms with Crippen molar-refractivity contribution in [1.82, 2.24) is 9.13 Å². The molecule has 4 aliphatic carbocycles. The van der Waals surface area contributed by atoms with Gasteiger partial charge in [-0.25, -0.2) is 0 Å². The highest BCUT2D eigenvalue weighted by Gasteiger charge is 2.49. The highest BCUT2D eigenvalue weighted by Crippen LogP contribution is 2.62. The fourth-order valence-electron chi connectivity index (χ4n) is 25.4. The molecular formula is C134H90N4O2. The van der Waals surface area contributed by atoms with E-state index in [9.17, 15) is 0 Å². The van der Waals surface area contributed by atoms with Gasteiger partial charge >= 0.3 is 0 Å². The SMILES string of the molecule is CC1(C)c2cc(-c3cc4ccccc4o3)ccc2-c2ccc(N(c3ccccc3)c3ccc4c(ccc5c6cc7c(cc6n(-c6ccc8c(c6)C(C)(C)c6ccccc6-8)c45)c4ccc5cc(N(c6ccccc6)c6ccc8c(c6)C(c6ccccc6)(c6ccccc6)c6cc(-c9cc%10ccccc%10o9)ccc6-8)ccc5c4n7-c4ccc5c(c4)C(c4ccccc4)(c4ccccc4)c4ccccc4-5)c3)cc21. The van der Waals surface area contributed by atoms with Crippen LogP contribution in [0, 0.1) is 0 Å². The second kappa shape index (κ2) is 30.0. The molecule has 25 aromatic rings. The number of rotatable bonds is 14. The normalized spacial score (nSPS) is 14.1. The number of hydrogen-bond acceptors (Lipinski definition) is 4. The van der Waals surface area contributed by atoms with Gasteiger partial charge in [0.2, 0.25) is 0 Å². The summed E-state index contributed by atoms with van der Waals surface area (Å²) in [4.78, 5) is 4.93. The van der Waals surface area contributed by atoms with Gasteiger partial charge in [0.1, 0.15) is 22.7 Å². The van der Waals surface area contributed by atoms with E-state index in [-0.39, 0.29) is 10.8 Å². The second-order valence-corrected chi connectivity index (χ2v) is 39.7. The third-order valence-corrected chi connectivity index (χ3v) is 31.8. The maximum absolute atomic E-state index is 6.71. The zero-order valence-electron chi connectivity index (χ0n) is 77.6. The molecule has 29 rings (SSSR count). The molecule has 6 nitrogen and oxygen atoms in total. The van der Waals surface area contributed by atoms with Gasteiger partial charge in [0.05, 0.1) is 32.9 Å². The molecule has 0 saturated heterocycles. The number of nitrogens with zero attached hydrogens (tertiary/aromatic N) is 4. The zero-order valence-corrected chi connectivity index (χ0v) is 77.6. The molecule has 0 atom stereocenters. The molecule has 0 amide bonds. The molecule has 0 saturated carbocycles. The standard InChI is InChI=1S/C134H90N4O2/c1-131(2)115-47-27-25-45-103(115)106-68-59-99(78-118(106)131)137-123-81-114-112-64-52-84-72-96(136(94-43-21-10-22-44-94)98-58-69-110-108-62-54-88(128-76-86-32-24-30-50-126(86)140-128)74-120(108)134(122(110)79-98,91-37-15-7-16-38-91)92-39-17-8-18-40-92)56-66-102(84)130(112)138(100-60-70-109-104-46-26-28-48-116(104)133(121(109)80-100,89-33-11-5-12-34-89)90-35-13-6-14-36-90)124(114)82-113(123)111-63-51-83-71-95(55-65-101(83)129(111)137)135(93-41-19-9-20-42-93)97-57-67-107-105-61-53-87(73-117(105)132(3,4)119(107)77-97)127-75-85-31-23-29-49-125(85)139-127/h5-82H,1-4H3. The second-order valence-electron chi connectivity index (χ2n) is 39.7. The Morgan fingerprint density at radius 2 is 0.514 bits per heavy atom. The van der Waals surface area contributed by atoms with Crippen LogP contribution in [-0.2, 0) is 21.7 Å². The number of anilines is 6. The van der Waals surface area contributed by atoms with Crippen LogP contribution in [0.4, 0.5) is 34.1 Å². The predicted octanol–water partition coefficient (Wildman–Crippen LogP) is 35.3. The van der Waals surface area contributed by atoms with Gasteiger partial charge in [0.15, 0.2) is 0 Å². The van der Waals surface area contributed by atoms with Crippen molar-refractivity contribution >= 4 is 121 Å². The summed E-state index contributed by atoms with van der Waals surface area (Å²) in [6.45, 7) is 9.57. The number of furan rings is 2. The molecule has 6 heteroatoms. The van der Waals surface area contributed by atoms with Crippen molar-refractivity contribution in [3.05, 3.63) is 540 Å². The Balaban J connectivity index is 0.647. The Kier molecular flexibility index (Phi) is 17.1. The minimum atomic E-state index is -0.728. The molecular weight excluding hydrogens is 1700 g/mol. The highest BCUT2D eigenvalue weighted by molar-refractivity contribution is 6.26. The van der Waals surface area contributed by atoms with Gasteiger partial charge in [-0.2, -0.15) is 0 Å². The van der Waals surface area contributed by atoms with Gasteiger partial charge in [-0.05, 0) is 268 Å². The van der Waals surface area contributed by atoms with Gasteiger partial charge < -0.3 is 27.8 Å². The minimum Gasteiger partial charge on any atom is -0.456 e. The maximum Gasteiger partial charge on any atom is 0.135 e. The topological polar surface area (TPSA) is 42.6 Å². The van der Waals surface area contributed by atoms with Crippen LogP contribution in [0.15, 0.2) is 482 Å². The van der Waals surface area contributed by atoms with Crippen molar-refractivity contribution in [2.24, 2.45) is 0 Å². The lowest BCUT2D eigenvalue weighted by Crippen LogP contribution is -2.28. The summed E-state index contributed by atoms with van der Waals surface area (Å²) in [5.74, 6) is 1.72. The van der Waals surface area contributed by atoms with Gasteiger partial charge in [0, 0.05) is 111 Å². The van der Waals surface area contributed by atoms with E-state index in [1.165, 1.54) is 117 Å². The summed E-state index contributed by atoms with van der Waals surface area (Å²) in [7, 11) is 0. The Labute approximate surface area is 811 Å². The van der Waals surface area contributed by atoms with Crippen LogP contribution >= 0.6 is 0 Å². The zero-order chi connectivity index (χ0) is 92.6. The Morgan fingerprint density at radius 3 is 0.986 bits per heavy atom. The number of benzene rings is 21. The number of fused-ring (bicyclic) bond motifs is 24. The van der Waals surface area contributed by atoms with Crippen molar-refractivity contribution in [3.8, 4) is 78.5 Å². The predicted molar refractivity (Wildman–Crippen MR) is 580 cm³/mol. The van der Waals surface area contributed by atoms with Crippen LogP contribution in [0.25, 0.3) is 166 Å². The first-order chi connectivity index (χ1) is 68.9. The molecule has 4 heterocycles. The molecule has 21 aromatic carbocycles. The van der Waals surface area contributed by atoms with Gasteiger partial charge in [0.25, 0.3) is 0 Å². The van der Waals surface area contributed by atoms with Crippen LogP contribution in [0.5, 0.6) is 0 Å². The molecule has 4 aromatic heterocycles. The number of para-hydroxylation sites is 4. The van der Waals surface area contributed by atoms with E-state index in [4.69, 9.17) is 8.83 Å². The number of hydrogen-bond donors (Lipinski definition) is 0. The largest absolute Gasteiger partial charge is 0.456 e. The van der Waals surface area contributed by atoms with Crippen LogP contribution < -0.4 is 9.80 Å². The molecule has 4 aliphatic rings. The molecule has 0 spiro atoms. The Morgan fingerprint density at radius 1 is 0.200 bits per heavy atom. The summed E-state index contributed by atoms with van der Waals surface area (Å²) >= 11 is 0. The van der Waals surface area contributed by atoms with E-state index >= 15 is 0 Å². The van der Waals surface area contributed by atoms with E-state index in [0.717, 1.165) is 150 Å². The molecule has 0 fully saturated rings. The monoisotopic (exact) mass is 1790 g/mol. The van der Waals surface area contributed by atoms with Crippen molar-refractivity contribution < 1.29 is 8.83 Å². The van der Waals surface area contributed by atoms with Gasteiger partial charge in [-0.15, -0.1) is 0 Å². The van der Waals surface area contributed by atoms with Crippen molar-refractivity contribution in [2.75, 3.05) is 9.80 Å². The van der Waals surface area contributed by atoms with E-state index in [2.05, 4.69) is 508 Å². The van der Waals surface area contributed by atoms with Crippen molar-refractivity contribution in [2.45, 2.75) is 49.4 Å². The molecule has 0 unspecified atom stereocenters. The molecule has 658 valence electrons. The summed E-state index contributed by atoms with van der Waals surface area (Å²) in [6, 6.07) is 178. The average molecular weight is 1790 g/mol. The lowest BCUT2D eigenvalue weighted by Gasteiger charge is -2.35. The Bertz CT molecular complexity index is 9360. The minimum absolute atomic E-state index is 0.268. The summed E-state index contributed by atoms with van der Waals surface area (Å²) in [6.07, 6.45) is 0. The van der Waals surface area contributed by atoms with Crippen molar-refractivity contribution in [1.29, 1.82) is 0 Å². The van der Waals surface area contributed by atoms with Crippen LogP contribution in [0.2, 0.25) is 0 Å². The lowest BCUT2D eigenvalue weighted by atomic mass is 9.67. The van der Waals surface area contributed by atoms with Gasteiger partial charge in [-0.3, -0.25) is 0 Å². The van der Waals surface area contributed by atoms with Crippen LogP contribution in [0.3, 0.4) is 0 Å². The fourth-order valence-corrected chi connectivity index (χ4v) is 25.4. The third kappa shape index (κ3) is 11.4. The summed E-state index contributed by atoms with van der Waals surface area (Å²) in [5.41, 5.74) is 40.0. The van der Waals surface area contributed by atoms with Gasteiger partial charge in [-0.1, -0.05) is 355 Å². The smallest absolute Gasteiger partial charge is 0.135 e.